The molecule has 1 heterocycles. The average Bonchev–Trinajstić information content (AvgIpc) is 3.68. The number of aromatic amines is 1. The van der Waals surface area contributed by atoms with Gasteiger partial charge >= 0.3 is 0 Å². The second-order valence-corrected chi connectivity index (χ2v) is 18.2. The number of nitrogens with zero attached hydrogens (tertiary/aromatic N) is 1. The Bertz CT molecular complexity index is 828. The molecule has 54 heavy (non-hydrogen) atoms. The lowest BCUT2D eigenvalue weighted by atomic mass is 9.92. The van der Waals surface area contributed by atoms with E-state index in [-0.39, 0.29) is 0 Å². The predicted molar refractivity (Wildman–Crippen MR) is 244 cm³/mol. The van der Waals surface area contributed by atoms with Gasteiger partial charge < -0.3 is 0 Å². The summed E-state index contributed by atoms with van der Waals surface area (Å²) in [6.07, 6.45) is 66.6. The first-order chi connectivity index (χ1) is 26.7. The van der Waals surface area contributed by atoms with Crippen molar-refractivity contribution in [1.29, 1.82) is 0 Å². The highest BCUT2D eigenvalue weighted by Crippen LogP contribution is 2.28. The molecule has 0 aliphatic heterocycles. The second-order valence-electron chi connectivity index (χ2n) is 18.2. The van der Waals surface area contributed by atoms with E-state index in [0.29, 0.717) is 12.0 Å². The van der Waals surface area contributed by atoms with Crippen LogP contribution in [0.2, 0.25) is 0 Å². The molecule has 320 valence electrons. The molecular formula is C52H103N2+. The van der Waals surface area contributed by atoms with Gasteiger partial charge in [0, 0.05) is 0 Å². The average molecular weight is 756 g/mol. The Morgan fingerprint density at radius 3 is 0.870 bits per heavy atom. The van der Waals surface area contributed by atoms with E-state index in [1.165, 1.54) is 276 Å². The maximum atomic E-state index is 3.79. The quantitative estimate of drug-likeness (QED) is 0.0505. The molecule has 0 amide bonds. The van der Waals surface area contributed by atoms with E-state index in [1.807, 2.05) is 0 Å². The monoisotopic (exact) mass is 756 g/mol. The zero-order valence-corrected chi connectivity index (χ0v) is 38.2. The SMILES string of the molecule is CCCCCCCCCCCCCCCCCCC(CCCCCCCCCCC)c1[nH]cc[n+]1C(C)CCCCCCCCCCCCCCCCC. The van der Waals surface area contributed by atoms with E-state index in [2.05, 4.69) is 49.6 Å². The number of unbranched alkanes of at least 4 members (excludes halogenated alkanes) is 37. The van der Waals surface area contributed by atoms with Crippen molar-refractivity contribution in [2.24, 2.45) is 0 Å². The van der Waals surface area contributed by atoms with Crippen molar-refractivity contribution in [3.63, 3.8) is 0 Å². The first-order valence-electron chi connectivity index (χ1n) is 25.8. The first-order valence-corrected chi connectivity index (χ1v) is 25.8. The molecule has 0 saturated carbocycles. The standard InChI is InChI=1S/C52H102N2/c1-5-8-11-14-17-20-22-24-26-28-30-32-35-38-41-44-47-51(46-43-40-37-33-19-16-13-10-7-3)52-53-48-49-54(52)50(4)45-42-39-36-34-31-29-27-25-23-21-18-15-12-9-6-2/h48-51H,5-47H2,1-4H3/p+1. The van der Waals surface area contributed by atoms with Crippen LogP contribution in [0.5, 0.6) is 0 Å². The van der Waals surface area contributed by atoms with Gasteiger partial charge in [-0.3, -0.25) is 0 Å². The Balaban J connectivity index is 2.31. The Hall–Kier alpha value is -0.790. The molecular weight excluding hydrogens is 653 g/mol. The maximum absolute atomic E-state index is 3.79. The number of aromatic nitrogens is 2. The van der Waals surface area contributed by atoms with Gasteiger partial charge in [0.25, 0.3) is 5.82 Å². The molecule has 1 aromatic heterocycles. The van der Waals surface area contributed by atoms with Gasteiger partial charge in [0.1, 0.15) is 12.4 Å². The van der Waals surface area contributed by atoms with Crippen LogP contribution in [0.1, 0.15) is 322 Å². The van der Waals surface area contributed by atoms with Crippen LogP contribution in [0.3, 0.4) is 0 Å². The van der Waals surface area contributed by atoms with Gasteiger partial charge in [0.05, 0.1) is 12.0 Å². The molecule has 0 bridgehead atoms. The topological polar surface area (TPSA) is 19.7 Å². The van der Waals surface area contributed by atoms with E-state index < -0.39 is 0 Å². The third-order valence-electron chi connectivity index (χ3n) is 12.9. The molecule has 0 aliphatic carbocycles. The maximum Gasteiger partial charge on any atom is 0.257 e. The minimum absolute atomic E-state index is 0.615. The number of hydrogen-bond acceptors (Lipinski definition) is 0. The van der Waals surface area contributed by atoms with Crippen molar-refractivity contribution in [2.45, 2.75) is 316 Å². The lowest BCUT2D eigenvalue weighted by Crippen LogP contribution is -2.41. The van der Waals surface area contributed by atoms with Gasteiger partial charge in [0.2, 0.25) is 0 Å². The van der Waals surface area contributed by atoms with E-state index in [4.69, 9.17) is 0 Å². The van der Waals surface area contributed by atoms with Crippen LogP contribution >= 0.6 is 0 Å². The molecule has 2 atom stereocenters. The van der Waals surface area contributed by atoms with Crippen molar-refractivity contribution < 1.29 is 4.57 Å². The van der Waals surface area contributed by atoms with Crippen LogP contribution in [0.25, 0.3) is 0 Å². The molecule has 0 aromatic carbocycles. The van der Waals surface area contributed by atoms with Crippen molar-refractivity contribution in [3.05, 3.63) is 18.2 Å². The third kappa shape index (κ3) is 32.3. The Morgan fingerprint density at radius 1 is 0.352 bits per heavy atom. The Labute approximate surface area is 342 Å². The highest BCUT2D eigenvalue weighted by Gasteiger charge is 2.25. The molecule has 0 radical (unpaired) electrons. The second kappa shape index (κ2) is 41.8. The lowest BCUT2D eigenvalue weighted by molar-refractivity contribution is -0.727. The van der Waals surface area contributed by atoms with E-state index in [0.717, 1.165) is 0 Å². The summed E-state index contributed by atoms with van der Waals surface area (Å²) in [4.78, 5) is 3.79. The summed E-state index contributed by atoms with van der Waals surface area (Å²) < 4.78 is 2.66. The summed E-state index contributed by atoms with van der Waals surface area (Å²) in [6.45, 7) is 9.45. The fourth-order valence-electron chi connectivity index (χ4n) is 9.08. The number of imidazole rings is 1. The van der Waals surface area contributed by atoms with Crippen molar-refractivity contribution in [3.8, 4) is 0 Å². The first kappa shape index (κ1) is 51.2. The smallest absolute Gasteiger partial charge is 0.247 e. The van der Waals surface area contributed by atoms with Gasteiger partial charge in [-0.1, -0.05) is 271 Å². The highest BCUT2D eigenvalue weighted by atomic mass is 15.1. The van der Waals surface area contributed by atoms with Gasteiger partial charge in [-0.25, -0.2) is 9.55 Å². The van der Waals surface area contributed by atoms with Crippen LogP contribution in [0.15, 0.2) is 12.4 Å². The fraction of sp³-hybridized carbons (Fsp3) is 0.942. The lowest BCUT2D eigenvalue weighted by Gasteiger charge is -2.17. The molecule has 1 aromatic rings. The minimum atomic E-state index is 0.615. The molecule has 1 N–H and O–H groups in total. The van der Waals surface area contributed by atoms with E-state index >= 15 is 0 Å². The molecule has 0 saturated heterocycles. The summed E-state index contributed by atoms with van der Waals surface area (Å²) in [5.41, 5.74) is 0. The Kier molecular flexibility index (Phi) is 39.7. The molecule has 0 spiro atoms. The molecule has 0 fully saturated rings. The normalized spacial score (nSPS) is 12.9. The summed E-state index contributed by atoms with van der Waals surface area (Å²) in [6, 6.07) is 0.615. The Morgan fingerprint density at radius 2 is 0.593 bits per heavy atom. The molecule has 0 aliphatic rings. The van der Waals surface area contributed by atoms with Gasteiger partial charge in [-0.2, -0.15) is 0 Å². The summed E-state index contributed by atoms with van der Waals surface area (Å²) in [7, 11) is 0. The summed E-state index contributed by atoms with van der Waals surface area (Å²) in [5.74, 6) is 2.25. The minimum Gasteiger partial charge on any atom is -0.247 e. The van der Waals surface area contributed by atoms with Crippen LogP contribution < -0.4 is 4.57 Å². The number of rotatable bonds is 45. The fourth-order valence-corrected chi connectivity index (χ4v) is 9.08. The van der Waals surface area contributed by atoms with E-state index in [9.17, 15) is 0 Å². The number of nitrogens with one attached hydrogen (secondary N) is 1. The molecule has 2 heteroatoms. The van der Waals surface area contributed by atoms with Gasteiger partial charge in [-0.05, 0) is 32.6 Å². The molecule has 2 nitrogen and oxygen atoms in total. The summed E-state index contributed by atoms with van der Waals surface area (Å²) >= 11 is 0. The largest absolute Gasteiger partial charge is 0.257 e. The number of H-pyrrole nitrogens is 1. The zero-order valence-electron chi connectivity index (χ0n) is 38.2. The number of hydrogen-bond donors (Lipinski definition) is 1. The molecule has 1 rings (SSSR count). The van der Waals surface area contributed by atoms with Crippen LogP contribution in [-0.4, -0.2) is 4.98 Å². The van der Waals surface area contributed by atoms with Gasteiger partial charge in [0.15, 0.2) is 0 Å². The highest BCUT2D eigenvalue weighted by molar-refractivity contribution is 4.90. The van der Waals surface area contributed by atoms with Crippen molar-refractivity contribution in [2.75, 3.05) is 0 Å². The molecule has 2 unspecified atom stereocenters. The predicted octanol–water partition coefficient (Wildman–Crippen LogP) is 18.8. The summed E-state index contributed by atoms with van der Waals surface area (Å²) in [5, 5.41) is 0. The van der Waals surface area contributed by atoms with Crippen molar-refractivity contribution >= 4 is 0 Å². The zero-order chi connectivity index (χ0) is 38.8. The van der Waals surface area contributed by atoms with E-state index in [1.54, 1.807) is 5.82 Å². The van der Waals surface area contributed by atoms with Crippen molar-refractivity contribution in [1.82, 2.24) is 4.98 Å². The van der Waals surface area contributed by atoms with Crippen LogP contribution in [-0.2, 0) is 0 Å². The van der Waals surface area contributed by atoms with Crippen LogP contribution in [0, 0.1) is 0 Å². The third-order valence-corrected chi connectivity index (χ3v) is 12.9. The van der Waals surface area contributed by atoms with Gasteiger partial charge in [-0.15, -0.1) is 0 Å². The van der Waals surface area contributed by atoms with Crippen LogP contribution in [0.4, 0.5) is 0 Å².